The molecular formula is C80H99FN10O19. The van der Waals surface area contributed by atoms with Gasteiger partial charge in [-0.3, -0.25) is 67.3 Å². The Morgan fingerprint density at radius 2 is 1.25 bits per heavy atom. The second kappa shape index (κ2) is 40.9. The van der Waals surface area contributed by atoms with Crippen molar-refractivity contribution in [2.75, 3.05) is 13.7 Å². The van der Waals surface area contributed by atoms with Crippen molar-refractivity contribution in [2.45, 2.75) is 187 Å². The lowest BCUT2D eigenvalue weighted by molar-refractivity contribution is -0.142. The highest BCUT2D eigenvalue weighted by molar-refractivity contribution is 6.00. The van der Waals surface area contributed by atoms with Crippen molar-refractivity contribution in [1.29, 1.82) is 0 Å². The van der Waals surface area contributed by atoms with Gasteiger partial charge in [-0.1, -0.05) is 107 Å². The summed E-state index contributed by atoms with van der Waals surface area (Å²) in [5.41, 5.74) is 15.0. The van der Waals surface area contributed by atoms with Crippen LogP contribution in [-0.4, -0.2) is 179 Å². The Morgan fingerprint density at radius 1 is 0.609 bits per heavy atom. The molecule has 2 heterocycles. The maximum Gasteiger partial charge on any atom is 0.305 e. The number of carbonyl (C=O) groups is 13. The molecule has 2 aromatic heterocycles. The molecule has 2 unspecified atom stereocenters. The van der Waals surface area contributed by atoms with Crippen LogP contribution in [0, 0.1) is 35.4 Å². The van der Waals surface area contributed by atoms with Crippen molar-refractivity contribution in [3.63, 3.8) is 0 Å². The molecule has 0 saturated carbocycles. The van der Waals surface area contributed by atoms with E-state index >= 15 is 4.39 Å². The number of aryl methyl sites for hydroxylation is 2. The number of aromatic nitrogens is 3. The number of aliphatic hydroxyl groups excluding tert-OH is 3. The topological polar surface area (TPSA) is 486 Å². The number of halogens is 1. The number of Topliss-reactive ketones (excluding diaryl/α,β-unsaturated/α-hetero) is 5. The van der Waals surface area contributed by atoms with Crippen molar-refractivity contribution in [1.82, 2.24) is 41.5 Å². The molecule has 0 spiro atoms. The summed E-state index contributed by atoms with van der Waals surface area (Å²) in [7, 11) is 1.55. The van der Waals surface area contributed by atoms with Crippen LogP contribution in [0.25, 0.3) is 22.4 Å². The molecule has 110 heavy (non-hydrogen) atoms. The number of primary amides is 1. The Kier molecular flexibility index (Phi) is 32.7. The number of hydrogen-bond acceptors (Lipinski definition) is 20. The van der Waals surface area contributed by atoms with E-state index in [4.69, 9.17) is 16.2 Å². The largest absolute Gasteiger partial charge is 0.497 e. The Hall–Kier alpha value is -11.1. The van der Waals surface area contributed by atoms with Crippen LogP contribution in [0.2, 0.25) is 0 Å². The molecule has 0 aliphatic carbocycles. The van der Waals surface area contributed by atoms with E-state index < -0.39 is 218 Å². The van der Waals surface area contributed by atoms with Crippen molar-refractivity contribution in [3.05, 3.63) is 161 Å². The average Bonchev–Trinajstić information content (AvgIpc) is 0.960. The van der Waals surface area contributed by atoms with E-state index in [1.54, 1.807) is 31.4 Å². The van der Waals surface area contributed by atoms with E-state index in [2.05, 4.69) is 41.5 Å². The number of benzene rings is 4. The fourth-order valence-corrected chi connectivity index (χ4v) is 12.7. The molecule has 0 radical (unpaired) electrons. The van der Waals surface area contributed by atoms with Gasteiger partial charge in [0.1, 0.15) is 29.7 Å². The normalized spacial score (nSPS) is 14.7. The molecular weight excluding hydrogens is 1420 g/mol. The second-order valence-electron chi connectivity index (χ2n) is 28.7. The summed E-state index contributed by atoms with van der Waals surface area (Å²) in [6.45, 7) is 8.98. The molecule has 15 N–H and O–H groups in total. The monoisotopic (exact) mass is 1520 g/mol. The minimum atomic E-state index is -2.13. The number of H-pyrrole nitrogens is 1. The van der Waals surface area contributed by atoms with Gasteiger partial charge in [0.05, 0.1) is 79.2 Å². The highest BCUT2D eigenvalue weighted by Crippen LogP contribution is 2.33. The Bertz CT molecular complexity index is 4260. The first kappa shape index (κ1) is 87.8. The summed E-state index contributed by atoms with van der Waals surface area (Å²) >= 11 is 0. The number of nitrogens with zero attached hydrogens (tertiary/aromatic N) is 2. The molecule has 4 aromatic carbocycles. The number of aromatic amines is 1. The van der Waals surface area contributed by atoms with Gasteiger partial charge in [-0.15, -0.1) is 0 Å². The number of carboxylic acid groups (broad SMARTS) is 2. The van der Waals surface area contributed by atoms with Gasteiger partial charge in [0.15, 0.2) is 28.9 Å². The van der Waals surface area contributed by atoms with E-state index in [1.165, 1.54) is 57.7 Å². The SMILES string of the molecule is CCc1cc(OC)ccc1-c1ccc(C[C@H](CC(=O)[C@H](CC(=O)O)NC(=O)[C@H](CO)CC(=O)[C@@H](NC(=O)[C@@](C)(CC(=O)[C@@H](NC(=O)CCC(=O)[C@H](CCC(=O)O)NC(=O)C(C)(C)CC(=O)[C@@H](N)Cc2cnc[nH]2)C(C)O)Cc2ccccc2F)C(C)O)C(=O)N[C@@H](Cc2ccc(-c3ccccc3C)nc2)C(N)=O)cc1. The first-order chi connectivity index (χ1) is 52.0. The highest BCUT2D eigenvalue weighted by Gasteiger charge is 2.43. The molecule has 0 aliphatic rings. The Labute approximate surface area is 636 Å². The average molecular weight is 1520 g/mol. The number of pyridine rings is 1. The van der Waals surface area contributed by atoms with Gasteiger partial charge < -0.3 is 73.3 Å². The van der Waals surface area contributed by atoms with Crippen molar-refractivity contribution in [2.24, 2.45) is 34.1 Å². The molecule has 30 heteroatoms. The van der Waals surface area contributed by atoms with Crippen LogP contribution < -0.4 is 42.8 Å². The molecule has 590 valence electrons. The van der Waals surface area contributed by atoms with E-state index in [0.29, 0.717) is 34.7 Å². The van der Waals surface area contributed by atoms with Gasteiger partial charge in [-0.05, 0) is 110 Å². The fraction of sp³-hybridized carbons (Fsp3) is 0.438. The number of hydrogen-bond donors (Lipinski definition) is 13. The molecule has 0 saturated heterocycles. The number of aliphatic hydroxyl groups is 3. The van der Waals surface area contributed by atoms with E-state index in [1.807, 2.05) is 68.4 Å². The number of nitrogens with one attached hydrogen (secondary N) is 6. The lowest BCUT2D eigenvalue weighted by Crippen LogP contribution is -2.55. The van der Waals surface area contributed by atoms with Gasteiger partial charge in [0.2, 0.25) is 35.4 Å². The molecule has 11 atom stereocenters. The zero-order valence-corrected chi connectivity index (χ0v) is 62.8. The maximum atomic E-state index is 15.5. The molecule has 29 nitrogen and oxygen atoms in total. The zero-order valence-electron chi connectivity index (χ0n) is 62.8. The van der Waals surface area contributed by atoms with E-state index in [9.17, 15) is 87.9 Å². The number of amides is 6. The summed E-state index contributed by atoms with van der Waals surface area (Å²) < 4.78 is 21.0. The third-order valence-electron chi connectivity index (χ3n) is 19.2. The molecule has 6 aromatic rings. The zero-order chi connectivity index (χ0) is 81.3. The number of aliphatic carboxylic acids is 2. The van der Waals surface area contributed by atoms with Crippen LogP contribution in [0.15, 0.2) is 122 Å². The summed E-state index contributed by atoms with van der Waals surface area (Å²) in [5, 5.41) is 64.6. The quantitative estimate of drug-likeness (QED) is 0.0254. The summed E-state index contributed by atoms with van der Waals surface area (Å²) in [4.78, 5) is 190. The molecule has 6 rings (SSSR count). The van der Waals surface area contributed by atoms with Crippen LogP contribution in [0.1, 0.15) is 133 Å². The Morgan fingerprint density at radius 3 is 1.84 bits per heavy atom. The minimum Gasteiger partial charge on any atom is -0.497 e. The van der Waals surface area contributed by atoms with Gasteiger partial charge in [0, 0.05) is 87.4 Å². The maximum absolute atomic E-state index is 15.5. The van der Waals surface area contributed by atoms with E-state index in [0.717, 1.165) is 47.7 Å². The van der Waals surface area contributed by atoms with Crippen LogP contribution in [0.5, 0.6) is 5.75 Å². The fourth-order valence-electron chi connectivity index (χ4n) is 12.7. The lowest BCUT2D eigenvalue weighted by Gasteiger charge is -2.33. The highest BCUT2D eigenvalue weighted by atomic mass is 19.1. The van der Waals surface area contributed by atoms with Gasteiger partial charge in [0.25, 0.3) is 0 Å². The first-order valence-electron chi connectivity index (χ1n) is 36.0. The standard InChI is InChI=1S/C80H99FN10O19/c1-9-49-32-55(110-8)23-24-57(49)50-21-18-47(19-22-50)30-52(75(106)88-63(74(83)105)31-48-20-25-60(85-40-48)56-16-12-10-14-44(56)2)33-65(96)62(36-71(103)104)87-76(107)53(42-92)34-66(97)72(45(3)93)91-78(109)80(7,37-51-15-11-13-17-58(51)81)39-68(99)73(46(4)94)90-69(100)28-27-64(95)61(26-29-70(101)102)89-77(108)79(5,6)38-67(98)59(82)35-54-41-84-43-86-54/h10-25,32,40-41,43,45-46,52-53,59,61-63,72-73,92-94H,9,26-31,33-39,42,82H2,1-8H3,(H2,83,105)(H,84,86)(H,87,107)(H,88,106)(H,89,108)(H,90,100)(H,91,109)(H,101,102)(H,103,104)/t45?,46?,52-,53+,59+,61+,62+,63+,72+,73+,80-/m1/s1. The number of carbonyl (C=O) groups excluding carboxylic acids is 11. The van der Waals surface area contributed by atoms with Crippen LogP contribution >= 0.6 is 0 Å². The van der Waals surface area contributed by atoms with Crippen LogP contribution in [-0.2, 0) is 94.4 Å². The second-order valence-corrected chi connectivity index (χ2v) is 28.7. The summed E-state index contributed by atoms with van der Waals surface area (Å²) in [5.74, 6) is -16.8. The summed E-state index contributed by atoms with van der Waals surface area (Å²) in [6.07, 6.45) is -5.76. The molecule has 0 bridgehead atoms. The van der Waals surface area contributed by atoms with Crippen LogP contribution in [0.4, 0.5) is 4.39 Å². The molecule has 0 fully saturated rings. The predicted molar refractivity (Wildman–Crippen MR) is 400 cm³/mol. The first-order valence-corrected chi connectivity index (χ1v) is 36.0. The number of carboxylic acids is 2. The number of ether oxygens (including phenoxy) is 1. The number of nitrogens with two attached hydrogens (primary N) is 2. The predicted octanol–water partition coefficient (Wildman–Crippen LogP) is 4.21. The van der Waals surface area contributed by atoms with Gasteiger partial charge in [-0.2, -0.15) is 0 Å². The van der Waals surface area contributed by atoms with Crippen molar-refractivity contribution in [3.8, 4) is 28.1 Å². The number of rotatable bonds is 46. The third-order valence-corrected chi connectivity index (χ3v) is 19.2. The molecule has 6 amide bonds. The summed E-state index contributed by atoms with van der Waals surface area (Å²) in [6, 6.07) is 19.3. The third kappa shape index (κ3) is 25.8. The lowest BCUT2D eigenvalue weighted by atomic mass is 9.76. The van der Waals surface area contributed by atoms with Gasteiger partial charge >= 0.3 is 11.9 Å². The smallest absolute Gasteiger partial charge is 0.305 e. The van der Waals surface area contributed by atoms with E-state index in [-0.39, 0.29) is 31.2 Å². The number of ketones is 5. The molecule has 0 aliphatic heterocycles. The van der Waals surface area contributed by atoms with Crippen LogP contribution in [0.3, 0.4) is 0 Å². The number of imidazole rings is 1. The van der Waals surface area contributed by atoms with Crippen molar-refractivity contribution >= 4 is 76.3 Å². The van der Waals surface area contributed by atoms with Crippen molar-refractivity contribution < 1.29 is 97.0 Å². The van der Waals surface area contributed by atoms with Gasteiger partial charge in [-0.25, -0.2) is 9.37 Å². The Balaban J connectivity index is 1.17. The minimum absolute atomic E-state index is 0.0871. The number of methoxy groups -OCH3 is 1.